The van der Waals surface area contributed by atoms with Crippen molar-refractivity contribution in [1.82, 2.24) is 10.2 Å². The molecule has 0 aromatic carbocycles. The van der Waals surface area contributed by atoms with Gasteiger partial charge in [-0.15, -0.1) is 0 Å². The third kappa shape index (κ3) is 3.67. The molecule has 1 unspecified atom stereocenters. The number of carbonyl (C=O) groups is 1. The van der Waals surface area contributed by atoms with Crippen LogP contribution >= 0.6 is 0 Å². The molecule has 4 nitrogen and oxygen atoms in total. The minimum Gasteiger partial charge on any atom is -0.468 e. The van der Waals surface area contributed by atoms with Gasteiger partial charge in [-0.2, -0.15) is 0 Å². The summed E-state index contributed by atoms with van der Waals surface area (Å²) in [7, 11) is 0. The zero-order valence-corrected chi connectivity index (χ0v) is 12.7. The summed E-state index contributed by atoms with van der Waals surface area (Å²) in [6.45, 7) is 2.87. The number of rotatable bonds is 5. The predicted octanol–water partition coefficient (Wildman–Crippen LogP) is 3.11. The van der Waals surface area contributed by atoms with Gasteiger partial charge in [-0.1, -0.05) is 19.3 Å². The molecule has 0 spiro atoms. The molecule has 1 aliphatic carbocycles. The lowest BCUT2D eigenvalue weighted by Crippen LogP contribution is -2.41. The van der Waals surface area contributed by atoms with Crippen LogP contribution in [0.2, 0.25) is 0 Å². The zero-order valence-electron chi connectivity index (χ0n) is 12.7. The van der Waals surface area contributed by atoms with Gasteiger partial charge in [-0.05, 0) is 50.9 Å². The standard InChI is InChI=1S/C17H26N2O2/c20-17(14-7-2-3-8-14)18-13-15(16-9-6-12-21-16)19-10-4-1-5-11-19/h6,9,12,14-15H,1-5,7-8,10-11,13H2,(H,18,20). The quantitative estimate of drug-likeness (QED) is 0.906. The Labute approximate surface area is 126 Å². The molecule has 1 aromatic heterocycles. The van der Waals surface area contributed by atoms with Crippen molar-refractivity contribution >= 4 is 5.91 Å². The predicted molar refractivity (Wildman–Crippen MR) is 81.8 cm³/mol. The Bertz CT molecular complexity index is 432. The maximum absolute atomic E-state index is 12.2. The Morgan fingerprint density at radius 2 is 2.00 bits per heavy atom. The average Bonchev–Trinajstić information content (AvgIpc) is 3.22. The fraction of sp³-hybridized carbons (Fsp3) is 0.706. The van der Waals surface area contributed by atoms with Crippen molar-refractivity contribution in [3.63, 3.8) is 0 Å². The van der Waals surface area contributed by atoms with E-state index in [1.165, 1.54) is 32.1 Å². The second kappa shape index (κ2) is 7.12. The number of likely N-dealkylation sites (tertiary alicyclic amines) is 1. The Kier molecular flexibility index (Phi) is 4.96. The van der Waals surface area contributed by atoms with Crippen molar-refractivity contribution in [3.8, 4) is 0 Å². The first-order valence-electron chi connectivity index (χ1n) is 8.40. The van der Waals surface area contributed by atoms with Crippen LogP contribution in [-0.2, 0) is 4.79 Å². The summed E-state index contributed by atoms with van der Waals surface area (Å²) in [5.41, 5.74) is 0. The first-order valence-corrected chi connectivity index (χ1v) is 8.40. The van der Waals surface area contributed by atoms with Gasteiger partial charge in [-0.3, -0.25) is 9.69 Å². The van der Waals surface area contributed by atoms with E-state index in [2.05, 4.69) is 10.2 Å². The second-order valence-electron chi connectivity index (χ2n) is 6.35. The number of hydrogen-bond donors (Lipinski definition) is 1. The van der Waals surface area contributed by atoms with Crippen LogP contribution in [0.4, 0.5) is 0 Å². The van der Waals surface area contributed by atoms with Gasteiger partial charge in [-0.25, -0.2) is 0 Å². The normalized spacial score (nSPS) is 22.3. The molecule has 0 radical (unpaired) electrons. The van der Waals surface area contributed by atoms with E-state index in [9.17, 15) is 4.79 Å². The number of nitrogens with one attached hydrogen (secondary N) is 1. The van der Waals surface area contributed by atoms with Gasteiger partial charge in [0.25, 0.3) is 0 Å². The lowest BCUT2D eigenvalue weighted by Gasteiger charge is -2.33. The lowest BCUT2D eigenvalue weighted by molar-refractivity contribution is -0.125. The summed E-state index contributed by atoms with van der Waals surface area (Å²) >= 11 is 0. The highest BCUT2D eigenvalue weighted by atomic mass is 16.3. The SMILES string of the molecule is O=C(NCC(c1ccco1)N1CCCCC1)C1CCCC1. The highest BCUT2D eigenvalue weighted by Crippen LogP contribution is 2.27. The number of nitrogens with zero attached hydrogens (tertiary/aromatic N) is 1. The van der Waals surface area contributed by atoms with Gasteiger partial charge >= 0.3 is 0 Å². The van der Waals surface area contributed by atoms with Crippen molar-refractivity contribution in [2.75, 3.05) is 19.6 Å². The molecule has 1 saturated heterocycles. The van der Waals surface area contributed by atoms with Crippen LogP contribution in [0, 0.1) is 5.92 Å². The largest absolute Gasteiger partial charge is 0.468 e. The minimum absolute atomic E-state index is 0.186. The molecule has 1 aliphatic heterocycles. The number of piperidine rings is 1. The number of carbonyl (C=O) groups excluding carboxylic acids is 1. The van der Waals surface area contributed by atoms with Crippen molar-refractivity contribution in [2.24, 2.45) is 5.92 Å². The fourth-order valence-electron chi connectivity index (χ4n) is 3.65. The van der Waals surface area contributed by atoms with Gasteiger partial charge in [0.2, 0.25) is 5.91 Å². The van der Waals surface area contributed by atoms with Crippen molar-refractivity contribution in [1.29, 1.82) is 0 Å². The summed E-state index contributed by atoms with van der Waals surface area (Å²) in [4.78, 5) is 14.7. The molecule has 4 heteroatoms. The summed E-state index contributed by atoms with van der Waals surface area (Å²) in [6, 6.07) is 4.15. The second-order valence-corrected chi connectivity index (χ2v) is 6.35. The van der Waals surface area contributed by atoms with E-state index in [0.29, 0.717) is 6.54 Å². The third-order valence-electron chi connectivity index (χ3n) is 4.90. The molecule has 1 N–H and O–H groups in total. The number of hydrogen-bond acceptors (Lipinski definition) is 3. The fourth-order valence-corrected chi connectivity index (χ4v) is 3.65. The van der Waals surface area contributed by atoms with Gasteiger partial charge in [0.05, 0.1) is 12.3 Å². The maximum atomic E-state index is 12.2. The molecule has 1 aromatic rings. The topological polar surface area (TPSA) is 45.5 Å². The smallest absolute Gasteiger partial charge is 0.223 e. The molecule has 3 rings (SSSR count). The minimum atomic E-state index is 0.186. The molecule has 1 saturated carbocycles. The molecule has 2 heterocycles. The van der Waals surface area contributed by atoms with E-state index < -0.39 is 0 Å². The van der Waals surface area contributed by atoms with Crippen LogP contribution in [0.1, 0.15) is 56.7 Å². The highest BCUT2D eigenvalue weighted by molar-refractivity contribution is 5.78. The van der Waals surface area contributed by atoms with Crippen molar-refractivity contribution in [3.05, 3.63) is 24.2 Å². The number of furan rings is 1. The van der Waals surface area contributed by atoms with Gasteiger partial charge < -0.3 is 9.73 Å². The zero-order chi connectivity index (χ0) is 14.5. The average molecular weight is 290 g/mol. The molecule has 0 bridgehead atoms. The van der Waals surface area contributed by atoms with Gasteiger partial charge in [0.1, 0.15) is 5.76 Å². The number of amides is 1. The van der Waals surface area contributed by atoms with Crippen molar-refractivity contribution in [2.45, 2.75) is 51.0 Å². The Morgan fingerprint density at radius 3 is 2.67 bits per heavy atom. The Morgan fingerprint density at radius 1 is 1.24 bits per heavy atom. The first kappa shape index (κ1) is 14.6. The van der Waals surface area contributed by atoms with Crippen LogP contribution in [0.5, 0.6) is 0 Å². The van der Waals surface area contributed by atoms with E-state index in [4.69, 9.17) is 4.42 Å². The Hall–Kier alpha value is -1.29. The monoisotopic (exact) mass is 290 g/mol. The highest BCUT2D eigenvalue weighted by Gasteiger charge is 2.27. The third-order valence-corrected chi connectivity index (χ3v) is 4.90. The van der Waals surface area contributed by atoms with Crippen LogP contribution in [-0.4, -0.2) is 30.4 Å². The van der Waals surface area contributed by atoms with E-state index in [0.717, 1.165) is 31.7 Å². The molecule has 2 fully saturated rings. The van der Waals surface area contributed by atoms with Crippen LogP contribution in [0.25, 0.3) is 0 Å². The van der Waals surface area contributed by atoms with Crippen molar-refractivity contribution < 1.29 is 9.21 Å². The van der Waals surface area contributed by atoms with Gasteiger partial charge in [0.15, 0.2) is 0 Å². The van der Waals surface area contributed by atoms with E-state index in [1.54, 1.807) is 6.26 Å². The van der Waals surface area contributed by atoms with Crippen LogP contribution in [0.3, 0.4) is 0 Å². The molecule has 21 heavy (non-hydrogen) atoms. The molecule has 1 amide bonds. The van der Waals surface area contributed by atoms with Crippen LogP contribution < -0.4 is 5.32 Å². The summed E-state index contributed by atoms with van der Waals surface area (Å²) < 4.78 is 5.61. The lowest BCUT2D eigenvalue weighted by atomic mass is 10.1. The summed E-state index contributed by atoms with van der Waals surface area (Å²) in [6.07, 6.45) is 10.0. The molecular formula is C17H26N2O2. The van der Waals surface area contributed by atoms with Gasteiger partial charge in [0, 0.05) is 12.5 Å². The molecule has 116 valence electrons. The maximum Gasteiger partial charge on any atom is 0.223 e. The van der Waals surface area contributed by atoms with E-state index >= 15 is 0 Å². The van der Waals surface area contributed by atoms with Crippen LogP contribution in [0.15, 0.2) is 22.8 Å². The summed E-state index contributed by atoms with van der Waals surface area (Å²) in [5, 5.41) is 3.17. The Balaban J connectivity index is 1.60. The first-order chi connectivity index (χ1) is 10.3. The molecule has 2 aliphatic rings. The van der Waals surface area contributed by atoms with E-state index in [1.807, 2.05) is 12.1 Å². The molecular weight excluding hydrogens is 264 g/mol. The molecule has 1 atom stereocenters. The van der Waals surface area contributed by atoms with E-state index in [-0.39, 0.29) is 17.9 Å². The summed E-state index contributed by atoms with van der Waals surface area (Å²) in [5.74, 6) is 1.45.